The van der Waals surface area contributed by atoms with Crippen LogP contribution >= 0.6 is 15.9 Å². The zero-order valence-electron chi connectivity index (χ0n) is 10.2. The predicted octanol–water partition coefficient (Wildman–Crippen LogP) is 0.891. The molecule has 2 aromatic rings. The molecule has 0 radical (unpaired) electrons. The normalized spacial score (nSPS) is 10.5. The van der Waals surface area contributed by atoms with Gasteiger partial charge in [0.15, 0.2) is 0 Å². The summed E-state index contributed by atoms with van der Waals surface area (Å²) in [7, 11) is 0. The summed E-state index contributed by atoms with van der Waals surface area (Å²) >= 11 is 3.32. The second-order valence-electron chi connectivity index (χ2n) is 4.01. The molecular formula is C12H11BrN4O3. The molecule has 1 aromatic heterocycles. The molecule has 0 spiro atoms. The summed E-state index contributed by atoms with van der Waals surface area (Å²) < 4.78 is 1.92. The van der Waals surface area contributed by atoms with Gasteiger partial charge in [0.25, 0.3) is 5.91 Å². The largest absolute Gasteiger partial charge is 0.478 e. The van der Waals surface area contributed by atoms with E-state index in [-0.39, 0.29) is 11.3 Å². The fraction of sp³-hybridized carbons (Fsp3) is 0.0833. The van der Waals surface area contributed by atoms with E-state index in [0.29, 0.717) is 12.2 Å². The van der Waals surface area contributed by atoms with Gasteiger partial charge < -0.3 is 16.6 Å². The maximum Gasteiger partial charge on any atom is 0.339 e. The number of nitrogens with two attached hydrogens (primary N) is 2. The minimum atomic E-state index is -1.26. The van der Waals surface area contributed by atoms with Gasteiger partial charge in [0.05, 0.1) is 11.9 Å². The molecule has 0 aliphatic carbocycles. The first-order valence-electron chi connectivity index (χ1n) is 5.55. The van der Waals surface area contributed by atoms with E-state index in [1.807, 2.05) is 6.07 Å². The fourth-order valence-corrected chi connectivity index (χ4v) is 2.34. The van der Waals surface area contributed by atoms with Gasteiger partial charge in [-0.2, -0.15) is 5.10 Å². The number of halogens is 1. The van der Waals surface area contributed by atoms with Gasteiger partial charge in [0.1, 0.15) is 11.3 Å². The van der Waals surface area contributed by atoms with Crippen LogP contribution in [0.4, 0.5) is 0 Å². The quantitative estimate of drug-likeness (QED) is 0.763. The second-order valence-corrected chi connectivity index (χ2v) is 4.93. The van der Waals surface area contributed by atoms with Gasteiger partial charge in [-0.05, 0) is 23.8 Å². The fourth-order valence-electron chi connectivity index (χ4n) is 1.81. The number of aromatic carboxylic acids is 1. The minimum absolute atomic E-state index is 0.182. The monoisotopic (exact) mass is 338 g/mol. The highest BCUT2D eigenvalue weighted by atomic mass is 79.9. The lowest BCUT2D eigenvalue weighted by atomic mass is 10.2. The van der Waals surface area contributed by atoms with Crippen LogP contribution in [-0.2, 0) is 6.54 Å². The van der Waals surface area contributed by atoms with Crippen LogP contribution < -0.4 is 11.5 Å². The molecule has 0 saturated heterocycles. The highest BCUT2D eigenvalue weighted by molar-refractivity contribution is 9.10. The number of rotatable bonds is 4. The maximum atomic E-state index is 11.5. The molecule has 1 heterocycles. The maximum absolute atomic E-state index is 11.5. The summed E-state index contributed by atoms with van der Waals surface area (Å²) in [6.07, 6.45) is 1.09. The van der Waals surface area contributed by atoms with E-state index >= 15 is 0 Å². The molecule has 0 unspecified atom stereocenters. The number of benzene rings is 1. The van der Waals surface area contributed by atoms with E-state index in [4.69, 9.17) is 16.6 Å². The Morgan fingerprint density at radius 1 is 1.35 bits per heavy atom. The molecule has 0 bridgehead atoms. The number of aromatic nitrogens is 2. The average Bonchev–Trinajstić information content (AvgIpc) is 2.82. The third-order valence-corrected chi connectivity index (χ3v) is 3.11. The zero-order valence-corrected chi connectivity index (χ0v) is 11.8. The van der Waals surface area contributed by atoms with Crippen molar-refractivity contribution in [1.29, 1.82) is 0 Å². The van der Waals surface area contributed by atoms with Crippen molar-refractivity contribution in [1.82, 2.24) is 9.78 Å². The first-order chi connectivity index (χ1) is 9.43. The molecule has 0 aliphatic heterocycles. The van der Waals surface area contributed by atoms with Gasteiger partial charge in [-0.3, -0.25) is 4.79 Å². The average molecular weight is 339 g/mol. The van der Waals surface area contributed by atoms with Gasteiger partial charge in [0, 0.05) is 11.0 Å². The lowest BCUT2D eigenvalue weighted by molar-refractivity contribution is 0.0692. The summed E-state index contributed by atoms with van der Waals surface area (Å²) in [5.74, 6) is -2.13. The molecule has 1 amide bonds. The number of amides is 1. The van der Waals surface area contributed by atoms with E-state index < -0.39 is 11.9 Å². The third kappa shape index (κ3) is 2.56. The number of carbonyl (C=O) groups excluding carboxylic acids is 1. The van der Waals surface area contributed by atoms with Crippen molar-refractivity contribution in [3.8, 4) is 5.69 Å². The summed E-state index contributed by atoms with van der Waals surface area (Å²) in [5.41, 5.74) is 11.7. The molecule has 104 valence electrons. The van der Waals surface area contributed by atoms with Crippen molar-refractivity contribution < 1.29 is 14.7 Å². The SMILES string of the molecule is NCc1cc(Br)cc(-n2ncc(C(=O)O)c2C(N)=O)c1. The molecule has 5 N–H and O–H groups in total. The highest BCUT2D eigenvalue weighted by Gasteiger charge is 2.22. The molecule has 2 rings (SSSR count). The van der Waals surface area contributed by atoms with Gasteiger partial charge in [-0.1, -0.05) is 15.9 Å². The lowest BCUT2D eigenvalue weighted by Gasteiger charge is -2.08. The summed E-state index contributed by atoms with van der Waals surface area (Å²) in [5, 5.41) is 13.0. The van der Waals surface area contributed by atoms with E-state index in [2.05, 4.69) is 21.0 Å². The van der Waals surface area contributed by atoms with Crippen LogP contribution in [0.3, 0.4) is 0 Å². The smallest absolute Gasteiger partial charge is 0.339 e. The van der Waals surface area contributed by atoms with Crippen LogP contribution in [0.5, 0.6) is 0 Å². The number of carboxylic acid groups (broad SMARTS) is 1. The Kier molecular flexibility index (Phi) is 3.86. The molecule has 7 nitrogen and oxygen atoms in total. The van der Waals surface area contributed by atoms with Crippen molar-refractivity contribution in [3.05, 3.63) is 45.7 Å². The molecule has 1 aromatic carbocycles. The minimum Gasteiger partial charge on any atom is -0.478 e. The molecule has 20 heavy (non-hydrogen) atoms. The molecular weight excluding hydrogens is 328 g/mol. The first kappa shape index (κ1) is 14.2. The number of nitrogens with zero attached hydrogens (tertiary/aromatic N) is 2. The number of primary amides is 1. The molecule has 0 fully saturated rings. The Morgan fingerprint density at radius 2 is 2.05 bits per heavy atom. The van der Waals surface area contributed by atoms with Crippen LogP contribution in [-0.4, -0.2) is 26.8 Å². The Bertz CT molecular complexity index is 696. The number of carboxylic acids is 1. The van der Waals surface area contributed by atoms with Crippen LogP contribution in [0.2, 0.25) is 0 Å². The highest BCUT2D eigenvalue weighted by Crippen LogP contribution is 2.21. The summed E-state index contributed by atoms with van der Waals surface area (Å²) in [6.45, 7) is 0.297. The lowest BCUT2D eigenvalue weighted by Crippen LogP contribution is -2.20. The second kappa shape index (κ2) is 5.43. The molecule has 8 heteroatoms. The van der Waals surface area contributed by atoms with E-state index in [1.54, 1.807) is 12.1 Å². The van der Waals surface area contributed by atoms with E-state index in [1.165, 1.54) is 4.68 Å². The predicted molar refractivity (Wildman–Crippen MR) is 74.6 cm³/mol. The van der Waals surface area contributed by atoms with Gasteiger partial charge in [-0.15, -0.1) is 0 Å². The van der Waals surface area contributed by atoms with Crippen molar-refractivity contribution in [2.75, 3.05) is 0 Å². The van der Waals surface area contributed by atoms with Crippen LogP contribution in [0.15, 0.2) is 28.9 Å². The van der Waals surface area contributed by atoms with Crippen LogP contribution in [0, 0.1) is 0 Å². The van der Waals surface area contributed by atoms with Crippen molar-refractivity contribution in [3.63, 3.8) is 0 Å². The van der Waals surface area contributed by atoms with Crippen molar-refractivity contribution >= 4 is 27.8 Å². The number of carbonyl (C=O) groups is 2. The summed E-state index contributed by atoms with van der Waals surface area (Å²) in [6, 6.07) is 5.20. The number of hydrogen-bond acceptors (Lipinski definition) is 4. The molecule has 0 saturated carbocycles. The standard InChI is InChI=1S/C12H11BrN4O3/c13-7-1-6(4-14)2-8(3-7)17-10(11(15)18)9(5-16-17)12(19)20/h1-3,5H,4,14H2,(H2,15,18)(H,19,20). The van der Waals surface area contributed by atoms with E-state index in [9.17, 15) is 9.59 Å². The van der Waals surface area contributed by atoms with Crippen molar-refractivity contribution in [2.45, 2.75) is 6.54 Å². The topological polar surface area (TPSA) is 124 Å². The molecule has 0 aliphatic rings. The van der Waals surface area contributed by atoms with Gasteiger partial charge in [0.2, 0.25) is 0 Å². The van der Waals surface area contributed by atoms with Crippen LogP contribution in [0.25, 0.3) is 5.69 Å². The van der Waals surface area contributed by atoms with Crippen molar-refractivity contribution in [2.24, 2.45) is 11.5 Å². The van der Waals surface area contributed by atoms with Gasteiger partial charge >= 0.3 is 5.97 Å². The Labute approximate surface area is 122 Å². The zero-order chi connectivity index (χ0) is 14.9. The van der Waals surface area contributed by atoms with Crippen LogP contribution in [0.1, 0.15) is 26.4 Å². The Balaban J connectivity index is 2.67. The van der Waals surface area contributed by atoms with Gasteiger partial charge in [-0.25, -0.2) is 9.48 Å². The Hall–Kier alpha value is -2.19. The Morgan fingerprint density at radius 3 is 2.60 bits per heavy atom. The first-order valence-corrected chi connectivity index (χ1v) is 6.34. The third-order valence-electron chi connectivity index (χ3n) is 2.66. The molecule has 0 atom stereocenters. The summed E-state index contributed by atoms with van der Waals surface area (Å²) in [4.78, 5) is 22.6. The van der Waals surface area contributed by atoms with E-state index in [0.717, 1.165) is 16.2 Å². The number of hydrogen-bond donors (Lipinski definition) is 3.